The van der Waals surface area contributed by atoms with Crippen molar-refractivity contribution < 1.29 is 4.74 Å². The lowest BCUT2D eigenvalue weighted by atomic mass is 10.1. The fraction of sp³-hybridized carbons (Fsp3) is 0.118. The number of hydrogen-bond acceptors (Lipinski definition) is 3. The predicted molar refractivity (Wildman–Crippen MR) is 82.8 cm³/mol. The Hall–Kier alpha value is -2.55. The van der Waals surface area contributed by atoms with E-state index >= 15 is 0 Å². The Kier molecular flexibility index (Phi) is 3.25. The van der Waals surface area contributed by atoms with Crippen LogP contribution in [0.4, 0.5) is 11.4 Å². The fourth-order valence-electron chi connectivity index (χ4n) is 2.30. The summed E-state index contributed by atoms with van der Waals surface area (Å²) in [5.74, 6) is 0.859. The number of pyridine rings is 1. The van der Waals surface area contributed by atoms with Crippen LogP contribution in [0.3, 0.4) is 0 Å². The molecule has 0 aliphatic rings. The number of anilines is 2. The van der Waals surface area contributed by atoms with Crippen molar-refractivity contribution in [3.05, 3.63) is 60.8 Å². The second-order valence-corrected chi connectivity index (χ2v) is 4.61. The first kappa shape index (κ1) is 12.5. The van der Waals surface area contributed by atoms with E-state index in [2.05, 4.69) is 34.1 Å². The zero-order chi connectivity index (χ0) is 13.9. The van der Waals surface area contributed by atoms with Crippen molar-refractivity contribution in [1.82, 2.24) is 4.98 Å². The van der Waals surface area contributed by atoms with Crippen molar-refractivity contribution >= 4 is 22.3 Å². The van der Waals surface area contributed by atoms with Crippen molar-refractivity contribution in [2.24, 2.45) is 0 Å². The third-order valence-electron chi connectivity index (χ3n) is 3.43. The first-order valence-electron chi connectivity index (χ1n) is 6.51. The van der Waals surface area contributed by atoms with Gasteiger partial charge in [0, 0.05) is 24.3 Å². The van der Waals surface area contributed by atoms with E-state index in [1.807, 2.05) is 43.6 Å². The molecule has 0 spiro atoms. The number of nitrogens with zero attached hydrogens (tertiary/aromatic N) is 2. The summed E-state index contributed by atoms with van der Waals surface area (Å²) in [6.07, 6.45) is 1.83. The topological polar surface area (TPSA) is 25.4 Å². The summed E-state index contributed by atoms with van der Waals surface area (Å²) in [6.45, 7) is 0. The van der Waals surface area contributed by atoms with E-state index in [1.165, 1.54) is 0 Å². The summed E-state index contributed by atoms with van der Waals surface area (Å²) < 4.78 is 5.19. The molecular weight excluding hydrogens is 248 g/mol. The number of benzene rings is 2. The molecule has 3 nitrogen and oxygen atoms in total. The Morgan fingerprint density at radius 1 is 0.950 bits per heavy atom. The highest BCUT2D eigenvalue weighted by Crippen LogP contribution is 2.30. The minimum Gasteiger partial charge on any atom is -0.497 e. The van der Waals surface area contributed by atoms with Crippen LogP contribution in [0.25, 0.3) is 10.9 Å². The molecule has 0 aliphatic carbocycles. The number of rotatable bonds is 3. The number of fused-ring (bicyclic) bond motifs is 1. The average molecular weight is 264 g/mol. The molecule has 0 atom stereocenters. The summed E-state index contributed by atoms with van der Waals surface area (Å²) in [7, 11) is 3.72. The van der Waals surface area contributed by atoms with Crippen LogP contribution in [0.1, 0.15) is 0 Å². The van der Waals surface area contributed by atoms with Crippen LogP contribution in [0.15, 0.2) is 60.8 Å². The monoisotopic (exact) mass is 264 g/mol. The lowest BCUT2D eigenvalue weighted by Crippen LogP contribution is -2.10. The van der Waals surface area contributed by atoms with Crippen molar-refractivity contribution in [3.63, 3.8) is 0 Å². The van der Waals surface area contributed by atoms with Gasteiger partial charge in [0.25, 0.3) is 0 Å². The molecule has 0 aliphatic heterocycles. The molecular formula is C17H16N2O. The maximum atomic E-state index is 5.19. The largest absolute Gasteiger partial charge is 0.497 e. The maximum Gasteiger partial charge on any atom is 0.119 e. The van der Waals surface area contributed by atoms with Gasteiger partial charge >= 0.3 is 0 Å². The summed E-state index contributed by atoms with van der Waals surface area (Å²) in [5, 5.41) is 1.14. The molecule has 0 N–H and O–H groups in total. The van der Waals surface area contributed by atoms with Crippen molar-refractivity contribution in [1.29, 1.82) is 0 Å². The Morgan fingerprint density at radius 3 is 2.45 bits per heavy atom. The van der Waals surface area contributed by atoms with Crippen molar-refractivity contribution in [2.75, 3.05) is 19.1 Å². The van der Waals surface area contributed by atoms with E-state index in [0.29, 0.717) is 0 Å². The van der Waals surface area contributed by atoms with Crippen LogP contribution in [-0.4, -0.2) is 19.1 Å². The van der Waals surface area contributed by atoms with Gasteiger partial charge in [-0.3, -0.25) is 4.98 Å². The molecule has 2 aromatic carbocycles. The quantitative estimate of drug-likeness (QED) is 0.714. The van der Waals surface area contributed by atoms with Gasteiger partial charge in [0.1, 0.15) is 5.75 Å². The third kappa shape index (κ3) is 2.18. The van der Waals surface area contributed by atoms with Gasteiger partial charge in [-0.25, -0.2) is 0 Å². The minimum absolute atomic E-state index is 0.859. The zero-order valence-electron chi connectivity index (χ0n) is 11.6. The van der Waals surface area contributed by atoms with E-state index in [-0.39, 0.29) is 0 Å². The second kappa shape index (κ2) is 5.21. The van der Waals surface area contributed by atoms with Crippen molar-refractivity contribution in [3.8, 4) is 5.75 Å². The number of hydrogen-bond donors (Lipinski definition) is 0. The van der Waals surface area contributed by atoms with Gasteiger partial charge in [-0.2, -0.15) is 0 Å². The summed E-state index contributed by atoms with van der Waals surface area (Å²) in [6, 6.07) is 18.3. The van der Waals surface area contributed by atoms with E-state index in [0.717, 1.165) is 28.0 Å². The van der Waals surface area contributed by atoms with Gasteiger partial charge < -0.3 is 9.64 Å². The predicted octanol–water partition coefficient (Wildman–Crippen LogP) is 4.01. The molecule has 3 aromatic rings. The van der Waals surface area contributed by atoms with E-state index in [9.17, 15) is 0 Å². The second-order valence-electron chi connectivity index (χ2n) is 4.61. The third-order valence-corrected chi connectivity index (χ3v) is 3.43. The van der Waals surface area contributed by atoms with Crippen LogP contribution in [0, 0.1) is 0 Å². The molecule has 3 heteroatoms. The first-order valence-corrected chi connectivity index (χ1v) is 6.51. The van der Waals surface area contributed by atoms with Gasteiger partial charge in [-0.05, 0) is 36.4 Å². The van der Waals surface area contributed by atoms with Crippen LogP contribution < -0.4 is 9.64 Å². The molecule has 1 aromatic heterocycles. The van der Waals surface area contributed by atoms with E-state index < -0.39 is 0 Å². The van der Waals surface area contributed by atoms with E-state index in [4.69, 9.17) is 4.74 Å². The molecule has 3 rings (SSSR count). The first-order chi connectivity index (χ1) is 9.79. The Balaban J connectivity index is 2.05. The molecule has 1 heterocycles. The van der Waals surface area contributed by atoms with Crippen LogP contribution >= 0.6 is 0 Å². The van der Waals surface area contributed by atoms with Gasteiger partial charge in [0.2, 0.25) is 0 Å². The van der Waals surface area contributed by atoms with E-state index in [1.54, 1.807) is 7.11 Å². The Labute approximate surface area is 118 Å². The molecule has 0 unspecified atom stereocenters. The fourth-order valence-corrected chi connectivity index (χ4v) is 2.30. The molecule has 0 amide bonds. The molecule has 0 saturated carbocycles. The maximum absolute atomic E-state index is 5.19. The number of aromatic nitrogens is 1. The van der Waals surface area contributed by atoms with Gasteiger partial charge in [0.15, 0.2) is 0 Å². The highest BCUT2D eigenvalue weighted by molar-refractivity contribution is 5.92. The molecule has 100 valence electrons. The highest BCUT2D eigenvalue weighted by atomic mass is 16.5. The molecule has 20 heavy (non-hydrogen) atoms. The Bertz CT molecular complexity index is 717. The van der Waals surface area contributed by atoms with Crippen LogP contribution in [0.2, 0.25) is 0 Å². The summed E-state index contributed by atoms with van der Waals surface area (Å²) in [5.41, 5.74) is 3.20. The molecule has 0 radical (unpaired) electrons. The summed E-state index contributed by atoms with van der Waals surface area (Å²) in [4.78, 5) is 6.63. The van der Waals surface area contributed by atoms with Crippen LogP contribution in [0.5, 0.6) is 5.75 Å². The van der Waals surface area contributed by atoms with Crippen LogP contribution in [-0.2, 0) is 0 Å². The zero-order valence-corrected chi connectivity index (χ0v) is 11.6. The number of para-hydroxylation sites is 1. The van der Waals surface area contributed by atoms with Gasteiger partial charge in [0.05, 0.1) is 18.3 Å². The standard InChI is InChI=1S/C17H16N2O/c1-19(14-8-10-15(20-2)11-9-14)16-7-3-5-13-6-4-12-18-17(13)16/h3-12H,1-2H3. The molecule has 0 fully saturated rings. The smallest absolute Gasteiger partial charge is 0.119 e. The van der Waals surface area contributed by atoms with Gasteiger partial charge in [-0.1, -0.05) is 18.2 Å². The minimum atomic E-state index is 0.859. The Morgan fingerprint density at radius 2 is 1.70 bits per heavy atom. The molecule has 0 saturated heterocycles. The number of ether oxygens (including phenoxy) is 1. The lowest BCUT2D eigenvalue weighted by Gasteiger charge is -2.21. The number of methoxy groups -OCH3 is 1. The normalized spacial score (nSPS) is 10.5. The SMILES string of the molecule is COc1ccc(N(C)c2cccc3cccnc23)cc1. The average Bonchev–Trinajstić information content (AvgIpc) is 2.54. The lowest BCUT2D eigenvalue weighted by molar-refractivity contribution is 0.415. The van der Waals surface area contributed by atoms with Crippen molar-refractivity contribution in [2.45, 2.75) is 0 Å². The van der Waals surface area contributed by atoms with Gasteiger partial charge in [-0.15, -0.1) is 0 Å². The summed E-state index contributed by atoms with van der Waals surface area (Å²) >= 11 is 0. The molecule has 0 bridgehead atoms. The highest BCUT2D eigenvalue weighted by Gasteiger charge is 2.08.